The molecular formula is C21H23N3O4S. The molecule has 0 radical (unpaired) electrons. The van der Waals surface area contributed by atoms with E-state index in [0.717, 1.165) is 23.0 Å². The number of phenolic OH excluding ortho intramolecular Hbond substituents is 1. The van der Waals surface area contributed by atoms with Crippen LogP contribution in [0.3, 0.4) is 0 Å². The highest BCUT2D eigenvalue weighted by atomic mass is 32.2. The van der Waals surface area contributed by atoms with Crippen molar-refractivity contribution in [1.29, 1.82) is 0 Å². The van der Waals surface area contributed by atoms with Gasteiger partial charge in [-0.3, -0.25) is 9.10 Å². The van der Waals surface area contributed by atoms with Crippen LogP contribution in [-0.4, -0.2) is 36.3 Å². The third kappa shape index (κ3) is 3.67. The number of benzene rings is 2. The highest BCUT2D eigenvalue weighted by molar-refractivity contribution is 7.93. The van der Waals surface area contributed by atoms with Crippen molar-refractivity contribution in [2.45, 2.75) is 26.3 Å². The van der Waals surface area contributed by atoms with Gasteiger partial charge in [0.25, 0.3) is 0 Å². The van der Waals surface area contributed by atoms with Gasteiger partial charge in [0.05, 0.1) is 23.5 Å². The Hall–Kier alpha value is -3.00. The summed E-state index contributed by atoms with van der Waals surface area (Å²) in [6, 6.07) is 12.4. The van der Waals surface area contributed by atoms with Crippen molar-refractivity contribution < 1.29 is 18.3 Å². The number of para-hydroxylation sites is 1. The van der Waals surface area contributed by atoms with E-state index in [1.165, 1.54) is 16.4 Å². The Labute approximate surface area is 169 Å². The number of carbonyl (C=O) groups is 1. The SMILES string of the molecule is CCn1cc(CC(=O)Nc2cc(N3CCCS3(=O)=O)ccc2O)c2ccccc21. The molecule has 1 saturated heterocycles. The van der Waals surface area contributed by atoms with Gasteiger partial charge in [0.15, 0.2) is 0 Å². The maximum Gasteiger partial charge on any atom is 0.235 e. The molecule has 1 aromatic heterocycles. The standard InChI is InChI=1S/C21H23N3O4S/c1-2-23-14-15(17-6-3-4-7-19(17)23)12-21(26)22-18-13-16(8-9-20(18)25)24-10-5-11-29(24,27)28/h3-4,6-9,13-14,25H,2,5,10-12H2,1H3,(H,22,26). The Balaban J connectivity index is 1.57. The number of aryl methyl sites for hydroxylation is 1. The Morgan fingerprint density at radius 1 is 1.21 bits per heavy atom. The van der Waals surface area contributed by atoms with Crippen molar-refractivity contribution in [2.75, 3.05) is 21.9 Å². The summed E-state index contributed by atoms with van der Waals surface area (Å²) in [4.78, 5) is 12.7. The van der Waals surface area contributed by atoms with Crippen molar-refractivity contribution >= 4 is 38.2 Å². The summed E-state index contributed by atoms with van der Waals surface area (Å²) in [5.41, 5.74) is 2.62. The molecule has 8 heteroatoms. The van der Waals surface area contributed by atoms with E-state index in [1.54, 1.807) is 6.07 Å². The lowest BCUT2D eigenvalue weighted by Crippen LogP contribution is -2.25. The number of carbonyl (C=O) groups excluding carboxylic acids is 1. The quantitative estimate of drug-likeness (QED) is 0.629. The molecule has 4 rings (SSSR count). The molecule has 2 N–H and O–H groups in total. The zero-order valence-corrected chi connectivity index (χ0v) is 16.9. The molecule has 152 valence electrons. The lowest BCUT2D eigenvalue weighted by Gasteiger charge is -2.18. The zero-order valence-electron chi connectivity index (χ0n) is 16.1. The number of fused-ring (bicyclic) bond motifs is 1. The molecule has 0 saturated carbocycles. The molecule has 1 aliphatic heterocycles. The van der Waals surface area contributed by atoms with E-state index < -0.39 is 10.0 Å². The smallest absolute Gasteiger partial charge is 0.235 e. The third-order valence-electron chi connectivity index (χ3n) is 5.20. The minimum Gasteiger partial charge on any atom is -0.506 e. The molecule has 2 aromatic carbocycles. The molecule has 7 nitrogen and oxygen atoms in total. The van der Waals surface area contributed by atoms with Gasteiger partial charge in [-0.1, -0.05) is 18.2 Å². The number of aromatic nitrogens is 1. The second-order valence-corrected chi connectivity index (χ2v) is 9.14. The van der Waals surface area contributed by atoms with E-state index in [2.05, 4.69) is 9.88 Å². The lowest BCUT2D eigenvalue weighted by atomic mass is 10.1. The van der Waals surface area contributed by atoms with E-state index in [9.17, 15) is 18.3 Å². The first-order chi connectivity index (χ1) is 13.9. The van der Waals surface area contributed by atoms with Crippen LogP contribution in [-0.2, 0) is 27.8 Å². The fourth-order valence-electron chi connectivity index (χ4n) is 3.80. The summed E-state index contributed by atoms with van der Waals surface area (Å²) in [6.45, 7) is 3.25. The summed E-state index contributed by atoms with van der Waals surface area (Å²) in [6.07, 6.45) is 2.68. The molecule has 0 spiro atoms. The number of aromatic hydroxyl groups is 1. The first kappa shape index (κ1) is 19.3. The number of phenols is 1. The Morgan fingerprint density at radius 2 is 2.00 bits per heavy atom. The van der Waals surface area contributed by atoms with Gasteiger partial charge in [-0.25, -0.2) is 8.42 Å². The van der Waals surface area contributed by atoms with Crippen LogP contribution in [0.2, 0.25) is 0 Å². The second kappa shape index (κ2) is 7.44. The normalized spacial score (nSPS) is 15.7. The fourth-order valence-corrected chi connectivity index (χ4v) is 5.36. The molecule has 2 heterocycles. The Kier molecular flexibility index (Phi) is 4.96. The highest BCUT2D eigenvalue weighted by Gasteiger charge is 2.29. The van der Waals surface area contributed by atoms with Crippen molar-refractivity contribution in [3.8, 4) is 5.75 Å². The van der Waals surface area contributed by atoms with Crippen LogP contribution in [0, 0.1) is 0 Å². The van der Waals surface area contributed by atoms with E-state index in [0.29, 0.717) is 18.7 Å². The van der Waals surface area contributed by atoms with Gasteiger partial charge in [0, 0.05) is 30.2 Å². The fraction of sp³-hybridized carbons (Fsp3) is 0.286. The van der Waals surface area contributed by atoms with Crippen molar-refractivity contribution in [3.63, 3.8) is 0 Å². The number of anilines is 2. The number of rotatable bonds is 5. The van der Waals surface area contributed by atoms with Gasteiger partial charge in [-0.15, -0.1) is 0 Å². The topological polar surface area (TPSA) is 91.6 Å². The predicted octanol–water partition coefficient (Wildman–Crippen LogP) is 3.09. The van der Waals surface area contributed by atoms with Crippen LogP contribution in [0.4, 0.5) is 11.4 Å². The van der Waals surface area contributed by atoms with Gasteiger partial charge in [-0.2, -0.15) is 0 Å². The van der Waals surface area contributed by atoms with Crippen LogP contribution >= 0.6 is 0 Å². The summed E-state index contributed by atoms with van der Waals surface area (Å²) >= 11 is 0. The molecule has 0 unspecified atom stereocenters. The van der Waals surface area contributed by atoms with Crippen LogP contribution in [0.15, 0.2) is 48.7 Å². The van der Waals surface area contributed by atoms with E-state index in [-0.39, 0.29) is 29.5 Å². The highest BCUT2D eigenvalue weighted by Crippen LogP contribution is 2.32. The van der Waals surface area contributed by atoms with Crippen molar-refractivity contribution in [3.05, 3.63) is 54.2 Å². The van der Waals surface area contributed by atoms with Gasteiger partial charge in [0.1, 0.15) is 5.75 Å². The Morgan fingerprint density at radius 3 is 2.72 bits per heavy atom. The van der Waals surface area contributed by atoms with Gasteiger partial charge >= 0.3 is 0 Å². The molecule has 29 heavy (non-hydrogen) atoms. The Bertz CT molecular complexity index is 1180. The maximum absolute atomic E-state index is 12.7. The predicted molar refractivity (Wildman–Crippen MR) is 114 cm³/mol. The van der Waals surface area contributed by atoms with Gasteiger partial charge in [0.2, 0.25) is 15.9 Å². The van der Waals surface area contributed by atoms with Crippen molar-refractivity contribution in [2.24, 2.45) is 0 Å². The molecule has 0 aliphatic carbocycles. The molecule has 1 fully saturated rings. The van der Waals surface area contributed by atoms with E-state index in [1.807, 2.05) is 37.4 Å². The number of nitrogens with one attached hydrogen (secondary N) is 1. The number of sulfonamides is 1. The molecule has 0 atom stereocenters. The average Bonchev–Trinajstić information content (AvgIpc) is 3.23. The molecule has 1 aliphatic rings. The number of nitrogens with zero attached hydrogens (tertiary/aromatic N) is 2. The summed E-state index contributed by atoms with van der Waals surface area (Å²) in [5, 5.41) is 13.9. The van der Waals surface area contributed by atoms with E-state index in [4.69, 9.17) is 0 Å². The maximum atomic E-state index is 12.7. The van der Waals surface area contributed by atoms with Gasteiger partial charge < -0.3 is 15.0 Å². The number of hydrogen-bond donors (Lipinski definition) is 2. The first-order valence-corrected chi connectivity index (χ1v) is 11.2. The largest absolute Gasteiger partial charge is 0.506 e. The summed E-state index contributed by atoms with van der Waals surface area (Å²) in [7, 11) is -3.34. The third-order valence-corrected chi connectivity index (χ3v) is 7.07. The summed E-state index contributed by atoms with van der Waals surface area (Å²) < 4.78 is 27.7. The van der Waals surface area contributed by atoms with Crippen LogP contribution in [0.5, 0.6) is 5.75 Å². The molecule has 1 amide bonds. The van der Waals surface area contributed by atoms with Crippen molar-refractivity contribution in [1.82, 2.24) is 4.57 Å². The minimum absolute atomic E-state index is 0.102. The second-order valence-electron chi connectivity index (χ2n) is 7.13. The number of amides is 1. The van der Waals surface area contributed by atoms with E-state index >= 15 is 0 Å². The van der Waals surface area contributed by atoms with Gasteiger partial charge in [-0.05, 0) is 43.2 Å². The average molecular weight is 413 g/mol. The molecule has 0 bridgehead atoms. The number of hydrogen-bond acceptors (Lipinski definition) is 4. The zero-order chi connectivity index (χ0) is 20.6. The van der Waals surface area contributed by atoms with Crippen LogP contribution in [0.25, 0.3) is 10.9 Å². The lowest BCUT2D eigenvalue weighted by molar-refractivity contribution is -0.115. The monoisotopic (exact) mass is 413 g/mol. The van der Waals surface area contributed by atoms with Crippen LogP contribution in [0.1, 0.15) is 18.9 Å². The molecular weight excluding hydrogens is 390 g/mol. The summed E-state index contributed by atoms with van der Waals surface area (Å²) in [5.74, 6) is -0.271. The van der Waals surface area contributed by atoms with Crippen LogP contribution < -0.4 is 9.62 Å². The first-order valence-electron chi connectivity index (χ1n) is 9.59. The molecule has 3 aromatic rings. The minimum atomic E-state index is -3.34.